The predicted molar refractivity (Wildman–Crippen MR) is 331 cm³/mol. The Kier molecular flexibility index (Phi) is 11.4. The Morgan fingerprint density at radius 1 is 0.325 bits per heavy atom. The summed E-state index contributed by atoms with van der Waals surface area (Å²) >= 11 is 0. The number of hydrogen-bond donors (Lipinski definition) is 0. The van der Waals surface area contributed by atoms with E-state index in [1.54, 1.807) is 0 Å². The summed E-state index contributed by atoms with van der Waals surface area (Å²) in [6.07, 6.45) is 0. The van der Waals surface area contributed by atoms with Crippen molar-refractivity contribution in [1.29, 1.82) is 10.5 Å². The molecule has 2 aromatic heterocycles. The zero-order valence-corrected chi connectivity index (χ0v) is 45.3. The van der Waals surface area contributed by atoms with Crippen LogP contribution in [0.1, 0.15) is 63.8 Å². The first-order chi connectivity index (χ1) is 38.7. The molecule has 0 saturated carbocycles. The Labute approximate surface area is 465 Å². The van der Waals surface area contributed by atoms with Crippen molar-refractivity contribution in [3.05, 3.63) is 251 Å². The van der Waals surface area contributed by atoms with E-state index in [-0.39, 0.29) is 10.8 Å². The maximum Gasteiger partial charge on any atom is 0.188 e. The van der Waals surface area contributed by atoms with Gasteiger partial charge in [0.25, 0.3) is 0 Å². The summed E-state index contributed by atoms with van der Waals surface area (Å²) in [6.45, 7) is 29.3. The Morgan fingerprint density at radius 2 is 0.637 bits per heavy atom. The molecule has 11 aromatic carbocycles. The molecule has 0 amide bonds. The van der Waals surface area contributed by atoms with Crippen LogP contribution in [0.25, 0.3) is 131 Å². The number of benzene rings is 11. The number of hydrogen-bond acceptors (Lipinski definition) is 2. The zero-order valence-electron chi connectivity index (χ0n) is 45.3. The smallest absolute Gasteiger partial charge is 0.188 e. The topological polar surface area (TPSA) is 66.2 Å². The second-order valence-corrected chi connectivity index (χ2v) is 23.0. The van der Waals surface area contributed by atoms with Crippen molar-refractivity contribution < 1.29 is 0 Å². The van der Waals surface area contributed by atoms with Crippen LogP contribution in [0.2, 0.25) is 0 Å². The number of aromatic nitrogens is 2. The van der Waals surface area contributed by atoms with E-state index in [1.807, 2.05) is 72.8 Å². The third-order valence-electron chi connectivity index (χ3n) is 16.1. The monoisotopic (exact) mass is 1020 g/mol. The average Bonchev–Trinajstić information content (AvgIpc) is 4.18. The summed E-state index contributed by atoms with van der Waals surface area (Å²) in [5.74, 6) is 0. The first-order valence-electron chi connectivity index (χ1n) is 26.9. The number of nitriles is 2. The molecular formula is C74H52N6. The van der Waals surface area contributed by atoms with Crippen LogP contribution in [0.15, 0.2) is 206 Å². The van der Waals surface area contributed by atoms with E-state index >= 15 is 0 Å². The molecule has 0 radical (unpaired) electrons. The molecule has 13 rings (SSSR count). The number of nitrogens with zero attached hydrogens (tertiary/aromatic N) is 6. The zero-order chi connectivity index (χ0) is 55.2. The molecule has 0 aliphatic heterocycles. The van der Waals surface area contributed by atoms with Gasteiger partial charge >= 0.3 is 0 Å². The number of fused-ring (bicyclic) bond motifs is 8. The van der Waals surface area contributed by atoms with Gasteiger partial charge in [0.05, 0.1) is 58.5 Å². The molecule has 0 N–H and O–H groups in total. The van der Waals surface area contributed by atoms with Gasteiger partial charge in [-0.2, -0.15) is 10.5 Å². The molecule has 13 aromatic rings. The third kappa shape index (κ3) is 8.14. The lowest BCUT2D eigenvalue weighted by Crippen LogP contribution is -2.10. The van der Waals surface area contributed by atoms with Crippen LogP contribution < -0.4 is 0 Å². The van der Waals surface area contributed by atoms with Crippen LogP contribution in [0.4, 0.5) is 11.4 Å². The lowest BCUT2D eigenvalue weighted by Gasteiger charge is -2.21. The van der Waals surface area contributed by atoms with E-state index < -0.39 is 0 Å². The first-order valence-corrected chi connectivity index (χ1v) is 26.9. The Balaban J connectivity index is 1.11. The molecule has 0 saturated heterocycles. The van der Waals surface area contributed by atoms with Crippen LogP contribution in [-0.2, 0) is 10.8 Å². The fourth-order valence-electron chi connectivity index (χ4n) is 11.9. The minimum Gasteiger partial charge on any atom is -0.309 e. The van der Waals surface area contributed by atoms with Gasteiger partial charge in [-0.25, -0.2) is 9.69 Å². The molecule has 0 unspecified atom stereocenters. The van der Waals surface area contributed by atoms with Crippen molar-refractivity contribution >= 4 is 76.5 Å². The van der Waals surface area contributed by atoms with Gasteiger partial charge in [0.15, 0.2) is 11.4 Å². The van der Waals surface area contributed by atoms with Gasteiger partial charge in [-0.05, 0) is 184 Å². The van der Waals surface area contributed by atoms with Crippen LogP contribution >= 0.6 is 0 Å². The second kappa shape index (κ2) is 18.6. The molecule has 2 heterocycles. The Bertz CT molecular complexity index is 4440. The van der Waals surface area contributed by atoms with Crippen molar-refractivity contribution in [1.82, 2.24) is 9.13 Å². The van der Waals surface area contributed by atoms with Crippen LogP contribution in [-0.4, -0.2) is 9.13 Å². The summed E-state index contributed by atoms with van der Waals surface area (Å²) in [7, 11) is 0. The fourth-order valence-corrected chi connectivity index (χ4v) is 11.9. The van der Waals surface area contributed by atoms with E-state index in [0.29, 0.717) is 22.5 Å². The Morgan fingerprint density at radius 3 is 0.963 bits per heavy atom. The van der Waals surface area contributed by atoms with Crippen molar-refractivity contribution in [2.45, 2.75) is 52.4 Å². The highest BCUT2D eigenvalue weighted by atomic mass is 15.0. The molecule has 6 nitrogen and oxygen atoms in total. The van der Waals surface area contributed by atoms with Gasteiger partial charge in [-0.15, -0.1) is 0 Å². The van der Waals surface area contributed by atoms with Crippen molar-refractivity contribution in [2.75, 3.05) is 0 Å². The molecule has 0 atom stereocenters. The van der Waals surface area contributed by atoms with Crippen LogP contribution in [0, 0.1) is 35.8 Å². The van der Waals surface area contributed by atoms with Gasteiger partial charge in [-0.3, -0.25) is 0 Å². The molecule has 0 aliphatic rings. The minimum absolute atomic E-state index is 0.0414. The maximum atomic E-state index is 10.1. The SMILES string of the molecule is [C-]#[N+]c1ccc2c(c1)c1cc(C#N)ccc1n2-c1ccc2c(-c3ccc(-c4ccc(C(C)(C)C)cc4)cc3)c3cc(-n4c5ccc(C#N)cc5c5cc([N+]#[C-])ccc54)ccc3c(-c3ccc(-c4ccc(C(C)(C)C)cc4)cc3)c2c1. The van der Waals surface area contributed by atoms with Gasteiger partial charge in [-0.1, -0.05) is 163 Å². The fraction of sp³-hybridized carbons (Fsp3) is 0.108. The molecule has 0 spiro atoms. The molecule has 6 heteroatoms. The van der Waals surface area contributed by atoms with E-state index in [4.69, 9.17) is 13.1 Å². The van der Waals surface area contributed by atoms with Crippen molar-refractivity contribution in [3.8, 4) is 68.0 Å². The largest absolute Gasteiger partial charge is 0.309 e. The van der Waals surface area contributed by atoms with Crippen molar-refractivity contribution in [2.24, 2.45) is 0 Å². The van der Waals surface area contributed by atoms with Gasteiger partial charge in [0, 0.05) is 22.1 Å². The normalized spacial score (nSPS) is 11.8. The first kappa shape index (κ1) is 49.1. The molecule has 378 valence electrons. The van der Waals surface area contributed by atoms with E-state index in [2.05, 4.69) is 206 Å². The van der Waals surface area contributed by atoms with Crippen LogP contribution in [0.3, 0.4) is 0 Å². The summed E-state index contributed by atoms with van der Waals surface area (Å²) in [5, 5.41) is 28.1. The van der Waals surface area contributed by atoms with E-state index in [1.165, 1.54) is 11.1 Å². The molecule has 0 fully saturated rings. The van der Waals surface area contributed by atoms with Crippen molar-refractivity contribution in [3.63, 3.8) is 0 Å². The van der Waals surface area contributed by atoms with E-state index in [9.17, 15) is 10.5 Å². The maximum absolute atomic E-state index is 10.1. The quantitative estimate of drug-likeness (QED) is 0.123. The average molecular weight is 1030 g/mol. The molecule has 0 bridgehead atoms. The summed E-state index contributed by atoms with van der Waals surface area (Å²) in [4.78, 5) is 7.59. The molecular weight excluding hydrogens is 973 g/mol. The summed E-state index contributed by atoms with van der Waals surface area (Å²) in [5.41, 5.74) is 19.4. The van der Waals surface area contributed by atoms with Crippen LogP contribution in [0.5, 0.6) is 0 Å². The van der Waals surface area contributed by atoms with Gasteiger partial charge in [0.2, 0.25) is 0 Å². The summed E-state index contributed by atoms with van der Waals surface area (Å²) < 4.78 is 4.53. The highest BCUT2D eigenvalue weighted by Crippen LogP contribution is 2.48. The Hall–Kier alpha value is -10.5. The number of rotatable bonds is 6. The minimum atomic E-state index is 0.0414. The highest BCUT2D eigenvalue weighted by Gasteiger charge is 2.23. The molecule has 0 aliphatic carbocycles. The lowest BCUT2D eigenvalue weighted by molar-refractivity contribution is 0.590. The molecule has 80 heavy (non-hydrogen) atoms. The third-order valence-corrected chi connectivity index (χ3v) is 16.1. The predicted octanol–water partition coefficient (Wildman–Crippen LogP) is 20.3. The lowest BCUT2D eigenvalue weighted by atomic mass is 9.84. The highest BCUT2D eigenvalue weighted by molar-refractivity contribution is 6.23. The van der Waals surface area contributed by atoms with Gasteiger partial charge < -0.3 is 9.13 Å². The van der Waals surface area contributed by atoms with Gasteiger partial charge in [0.1, 0.15) is 0 Å². The summed E-state index contributed by atoms with van der Waals surface area (Å²) in [6, 6.07) is 77.3. The second-order valence-electron chi connectivity index (χ2n) is 23.0. The standard InChI is InChI=1S/C74H52N6/c1-73(2,3)53-23-19-49(20-24-53)47-11-15-51(16-12-47)71-59-31-29-58(80-68-34-10-46(44-76)38-62(68)64-40-56(78-8)28-36-70(64)80)42-66(59)72(52-17-13-48(14-18-52)50-21-25-54(26-22-50)74(4,5)6)60-32-30-57(41-65(60)71)79-67-33-9-45(43-75)37-61(67)63-39-55(77-7)27-35-69(63)79/h9-42H,1-6H3. The van der Waals surface area contributed by atoms with E-state index in [0.717, 1.165) is 121 Å².